The third-order valence-electron chi connectivity index (χ3n) is 3.62. The number of anilines is 1. The maximum atomic E-state index is 12.5. The van der Waals surface area contributed by atoms with Gasteiger partial charge in [-0.05, 0) is 23.8 Å². The average Bonchev–Trinajstić information content (AvgIpc) is 3.03. The third kappa shape index (κ3) is 2.80. The van der Waals surface area contributed by atoms with E-state index in [2.05, 4.69) is 20.1 Å². The number of nitrogens with zero attached hydrogens (tertiary/aromatic N) is 5. The Balaban J connectivity index is 1.88. The van der Waals surface area contributed by atoms with Crippen molar-refractivity contribution in [3.05, 3.63) is 42.9 Å². The van der Waals surface area contributed by atoms with Gasteiger partial charge in [0.1, 0.15) is 5.52 Å². The van der Waals surface area contributed by atoms with E-state index in [4.69, 9.17) is 10.5 Å². The van der Waals surface area contributed by atoms with Crippen LogP contribution in [-0.2, 0) is 0 Å². The summed E-state index contributed by atoms with van der Waals surface area (Å²) in [6, 6.07) is 7.33. The van der Waals surface area contributed by atoms with Crippen LogP contribution in [0, 0.1) is 0 Å². The third-order valence-corrected chi connectivity index (χ3v) is 3.62. The van der Waals surface area contributed by atoms with Gasteiger partial charge in [-0.15, -0.1) is 5.10 Å². The quantitative estimate of drug-likeness (QED) is 0.613. The summed E-state index contributed by atoms with van der Waals surface area (Å²) in [5, 5.41) is 4.06. The van der Waals surface area contributed by atoms with E-state index in [0.717, 1.165) is 16.6 Å². The van der Waals surface area contributed by atoms with Crippen molar-refractivity contribution in [1.82, 2.24) is 24.6 Å². The molecule has 3 heterocycles. The number of aromatic nitrogens is 5. The minimum atomic E-state index is -2.62. The SMILES string of the molecule is Nc1nc(OCC(F)F)c2c(-c3ccc4nccnc4c3)ccn2n1. The lowest BCUT2D eigenvalue weighted by Gasteiger charge is -2.09. The van der Waals surface area contributed by atoms with Crippen LogP contribution in [-0.4, -0.2) is 37.6 Å². The number of halogens is 2. The highest BCUT2D eigenvalue weighted by Crippen LogP contribution is 2.32. The van der Waals surface area contributed by atoms with E-state index in [1.165, 1.54) is 4.52 Å². The Bertz CT molecular complexity index is 1070. The van der Waals surface area contributed by atoms with E-state index in [1.54, 1.807) is 24.7 Å². The molecule has 0 aliphatic rings. The number of nitrogen functional groups attached to an aromatic ring is 1. The predicted octanol–water partition coefficient (Wildman–Crippen LogP) is 2.57. The lowest BCUT2D eigenvalue weighted by Crippen LogP contribution is -2.11. The zero-order valence-corrected chi connectivity index (χ0v) is 12.8. The molecule has 4 rings (SSSR count). The fourth-order valence-electron chi connectivity index (χ4n) is 2.61. The van der Waals surface area contributed by atoms with E-state index in [0.29, 0.717) is 11.0 Å². The van der Waals surface area contributed by atoms with Gasteiger partial charge < -0.3 is 10.5 Å². The Morgan fingerprint density at radius 1 is 1.12 bits per heavy atom. The van der Waals surface area contributed by atoms with E-state index >= 15 is 0 Å². The number of nitrogens with two attached hydrogens (primary N) is 1. The summed E-state index contributed by atoms with van der Waals surface area (Å²) in [4.78, 5) is 12.5. The summed E-state index contributed by atoms with van der Waals surface area (Å²) in [6.07, 6.45) is 2.26. The van der Waals surface area contributed by atoms with Crippen molar-refractivity contribution < 1.29 is 13.5 Å². The molecule has 0 saturated carbocycles. The minimum absolute atomic E-state index is 0.00652. The van der Waals surface area contributed by atoms with Gasteiger partial charge in [0.05, 0.1) is 11.0 Å². The van der Waals surface area contributed by atoms with Crippen LogP contribution in [0.5, 0.6) is 5.88 Å². The maximum absolute atomic E-state index is 12.5. The van der Waals surface area contributed by atoms with Crippen LogP contribution in [0.4, 0.5) is 14.7 Å². The van der Waals surface area contributed by atoms with Crippen molar-refractivity contribution in [2.24, 2.45) is 0 Å². The molecule has 4 aromatic rings. The van der Waals surface area contributed by atoms with Gasteiger partial charge in [-0.1, -0.05) is 6.07 Å². The maximum Gasteiger partial charge on any atom is 0.272 e. The number of ether oxygens (including phenoxy) is 1. The fourth-order valence-corrected chi connectivity index (χ4v) is 2.61. The van der Waals surface area contributed by atoms with Gasteiger partial charge in [-0.25, -0.2) is 13.3 Å². The van der Waals surface area contributed by atoms with Crippen molar-refractivity contribution >= 4 is 22.5 Å². The van der Waals surface area contributed by atoms with Gasteiger partial charge in [0.25, 0.3) is 6.43 Å². The minimum Gasteiger partial charge on any atom is -0.470 e. The van der Waals surface area contributed by atoms with Crippen LogP contribution in [0.15, 0.2) is 42.9 Å². The molecule has 0 aliphatic heterocycles. The smallest absolute Gasteiger partial charge is 0.272 e. The summed E-state index contributed by atoms with van der Waals surface area (Å²) in [7, 11) is 0. The van der Waals surface area contributed by atoms with Crippen LogP contribution in [0.25, 0.3) is 27.7 Å². The molecule has 7 nitrogen and oxygen atoms in total. The second-order valence-electron chi connectivity index (χ2n) is 5.26. The van der Waals surface area contributed by atoms with Crippen LogP contribution < -0.4 is 10.5 Å². The Hall–Kier alpha value is -3.36. The topological polar surface area (TPSA) is 91.2 Å². The summed E-state index contributed by atoms with van der Waals surface area (Å²) in [5.41, 5.74) is 9.08. The normalized spacial score (nSPS) is 11.5. The molecule has 0 atom stereocenters. The molecular formula is C16H12F2N6O. The zero-order valence-electron chi connectivity index (χ0n) is 12.8. The van der Waals surface area contributed by atoms with Crippen molar-refractivity contribution in [2.45, 2.75) is 6.43 Å². The van der Waals surface area contributed by atoms with Crippen molar-refractivity contribution in [3.8, 4) is 17.0 Å². The number of benzene rings is 1. The van der Waals surface area contributed by atoms with Gasteiger partial charge in [-0.3, -0.25) is 9.97 Å². The average molecular weight is 342 g/mol. The molecule has 0 unspecified atom stereocenters. The lowest BCUT2D eigenvalue weighted by molar-refractivity contribution is 0.0802. The Labute approximate surface area is 140 Å². The molecule has 0 fully saturated rings. The van der Waals surface area contributed by atoms with Gasteiger partial charge in [-0.2, -0.15) is 4.98 Å². The Kier molecular flexibility index (Phi) is 3.60. The second kappa shape index (κ2) is 5.93. The molecule has 0 spiro atoms. The molecule has 2 N–H and O–H groups in total. The highest BCUT2D eigenvalue weighted by Gasteiger charge is 2.16. The first kappa shape index (κ1) is 15.2. The number of hydrogen-bond acceptors (Lipinski definition) is 6. The van der Waals surface area contributed by atoms with Gasteiger partial charge in [0.15, 0.2) is 6.61 Å². The molecule has 0 aliphatic carbocycles. The van der Waals surface area contributed by atoms with Gasteiger partial charge in [0, 0.05) is 24.2 Å². The molecule has 0 amide bonds. The second-order valence-corrected chi connectivity index (χ2v) is 5.26. The number of alkyl halides is 2. The largest absolute Gasteiger partial charge is 0.470 e. The molecule has 0 saturated heterocycles. The van der Waals surface area contributed by atoms with E-state index in [-0.39, 0.29) is 11.8 Å². The molecular weight excluding hydrogens is 330 g/mol. The van der Waals surface area contributed by atoms with Crippen LogP contribution >= 0.6 is 0 Å². The Morgan fingerprint density at radius 2 is 1.92 bits per heavy atom. The van der Waals surface area contributed by atoms with Crippen molar-refractivity contribution in [3.63, 3.8) is 0 Å². The molecule has 1 aromatic carbocycles. The van der Waals surface area contributed by atoms with Crippen LogP contribution in [0.2, 0.25) is 0 Å². The monoisotopic (exact) mass is 342 g/mol. The summed E-state index contributed by atoms with van der Waals surface area (Å²) in [6.45, 7) is -0.778. The Morgan fingerprint density at radius 3 is 2.72 bits per heavy atom. The number of hydrogen-bond donors (Lipinski definition) is 1. The standard InChI is InChI=1S/C16H12F2N6O/c17-13(18)8-25-15-14-10(3-6-24(14)23-16(19)22-15)9-1-2-11-12(7-9)21-5-4-20-11/h1-7,13H,8H2,(H2,19,23). The molecule has 126 valence electrons. The molecule has 0 bridgehead atoms. The lowest BCUT2D eigenvalue weighted by atomic mass is 10.1. The zero-order chi connectivity index (χ0) is 17.4. The number of rotatable bonds is 4. The first-order valence-electron chi connectivity index (χ1n) is 7.39. The van der Waals surface area contributed by atoms with E-state index < -0.39 is 13.0 Å². The summed E-state index contributed by atoms with van der Waals surface area (Å²) in [5.74, 6) is -0.0599. The highest BCUT2D eigenvalue weighted by atomic mass is 19.3. The highest BCUT2D eigenvalue weighted by molar-refractivity contribution is 5.89. The first-order chi connectivity index (χ1) is 12.1. The first-order valence-corrected chi connectivity index (χ1v) is 7.39. The molecule has 25 heavy (non-hydrogen) atoms. The fraction of sp³-hybridized carbons (Fsp3) is 0.125. The van der Waals surface area contributed by atoms with Crippen molar-refractivity contribution in [2.75, 3.05) is 12.3 Å². The molecule has 3 aromatic heterocycles. The van der Waals surface area contributed by atoms with E-state index in [9.17, 15) is 8.78 Å². The van der Waals surface area contributed by atoms with Crippen molar-refractivity contribution in [1.29, 1.82) is 0 Å². The number of fused-ring (bicyclic) bond motifs is 2. The molecule has 9 heteroatoms. The van der Waals surface area contributed by atoms with Crippen LogP contribution in [0.1, 0.15) is 0 Å². The van der Waals surface area contributed by atoms with Gasteiger partial charge in [0.2, 0.25) is 11.8 Å². The van der Waals surface area contributed by atoms with Crippen LogP contribution in [0.3, 0.4) is 0 Å². The van der Waals surface area contributed by atoms with Gasteiger partial charge >= 0.3 is 0 Å². The van der Waals surface area contributed by atoms with E-state index in [1.807, 2.05) is 18.2 Å². The predicted molar refractivity (Wildman–Crippen MR) is 87.4 cm³/mol. The molecule has 0 radical (unpaired) electrons. The summed E-state index contributed by atoms with van der Waals surface area (Å²) < 4.78 is 31.6. The summed E-state index contributed by atoms with van der Waals surface area (Å²) >= 11 is 0.